The number of fused-ring (bicyclic) bond motifs is 1. The molecule has 1 aromatic heterocycles. The van der Waals surface area contributed by atoms with Crippen molar-refractivity contribution in [3.05, 3.63) is 89.7 Å². The third-order valence-corrected chi connectivity index (χ3v) is 6.65. The number of para-hydroxylation sites is 3. The van der Waals surface area contributed by atoms with Crippen molar-refractivity contribution >= 4 is 22.6 Å². The molecule has 182 valence electrons. The number of nitrogens with zero attached hydrogens (tertiary/aromatic N) is 3. The zero-order valence-electron chi connectivity index (χ0n) is 20.3. The third kappa shape index (κ3) is 5.20. The lowest BCUT2D eigenvalue weighted by molar-refractivity contribution is -0.117. The number of hydrogen-bond donors (Lipinski definition) is 0. The lowest BCUT2D eigenvalue weighted by Gasteiger charge is -2.20. The van der Waals surface area contributed by atoms with Crippen LogP contribution < -0.4 is 22.0 Å². The second kappa shape index (κ2) is 11.0. The van der Waals surface area contributed by atoms with Crippen molar-refractivity contribution in [2.24, 2.45) is 0 Å². The number of rotatable bonds is 8. The van der Waals surface area contributed by atoms with Crippen LogP contribution in [0.1, 0.15) is 42.6 Å². The summed E-state index contributed by atoms with van der Waals surface area (Å²) in [7, 11) is 0. The predicted molar refractivity (Wildman–Crippen MR) is 137 cm³/mol. The Morgan fingerprint density at radius 1 is 1.00 bits per heavy atom. The zero-order chi connectivity index (χ0) is 23.5. The fraction of sp³-hybridized carbons (Fsp3) is 0.310. The van der Waals surface area contributed by atoms with Crippen molar-refractivity contribution in [2.75, 3.05) is 18.1 Å². The van der Waals surface area contributed by atoms with Crippen LogP contribution in [0.25, 0.3) is 11.0 Å². The summed E-state index contributed by atoms with van der Waals surface area (Å²) in [5, 5.41) is 0. The van der Waals surface area contributed by atoms with Gasteiger partial charge in [-0.3, -0.25) is 4.79 Å². The molecule has 2 heterocycles. The first-order valence-corrected chi connectivity index (χ1v) is 12.2. The van der Waals surface area contributed by atoms with E-state index in [1.807, 2.05) is 35.2 Å². The Kier molecular flexibility index (Phi) is 7.76. The molecule has 0 N–H and O–H groups in total. The minimum absolute atomic E-state index is 0. The fourth-order valence-corrected chi connectivity index (χ4v) is 4.87. The molecule has 0 bridgehead atoms. The number of halogens is 1. The van der Waals surface area contributed by atoms with Crippen LogP contribution in [0.4, 0.5) is 5.69 Å². The van der Waals surface area contributed by atoms with Crippen molar-refractivity contribution in [1.82, 2.24) is 9.55 Å². The zero-order valence-corrected chi connectivity index (χ0v) is 21.0. The number of ether oxygens (including phenoxy) is 1. The highest BCUT2D eigenvalue weighted by molar-refractivity contribution is 5.97. The lowest BCUT2D eigenvalue weighted by atomic mass is 10.1. The van der Waals surface area contributed by atoms with E-state index < -0.39 is 0 Å². The number of carbonyl (C=O) groups is 1. The van der Waals surface area contributed by atoms with E-state index in [0.29, 0.717) is 19.6 Å². The van der Waals surface area contributed by atoms with E-state index in [1.54, 1.807) is 0 Å². The highest BCUT2D eigenvalue weighted by Gasteiger charge is 2.35. The highest BCUT2D eigenvalue weighted by atomic mass is 35.5. The maximum absolute atomic E-state index is 13.1. The summed E-state index contributed by atoms with van der Waals surface area (Å²) in [6.07, 6.45) is 2.26. The SMILES string of the molecule is CCc1ccccc1N1CC(c2nc3ccccc3n2CCCOc2ccc(C)cc2)CC1=O.[Cl-]. The van der Waals surface area contributed by atoms with E-state index in [4.69, 9.17) is 9.72 Å². The number of imidazole rings is 1. The van der Waals surface area contributed by atoms with Gasteiger partial charge in [0.15, 0.2) is 0 Å². The fourth-order valence-electron chi connectivity index (χ4n) is 4.87. The topological polar surface area (TPSA) is 47.4 Å². The first-order chi connectivity index (χ1) is 16.6. The van der Waals surface area contributed by atoms with E-state index in [2.05, 4.69) is 60.9 Å². The summed E-state index contributed by atoms with van der Waals surface area (Å²) in [6, 6.07) is 24.6. The van der Waals surface area contributed by atoms with Gasteiger partial charge in [-0.15, -0.1) is 0 Å². The van der Waals surface area contributed by atoms with Crippen LogP contribution in [0, 0.1) is 6.92 Å². The summed E-state index contributed by atoms with van der Waals surface area (Å²) in [6.45, 7) is 6.31. The molecule has 1 unspecified atom stereocenters. The molecule has 1 aliphatic rings. The summed E-state index contributed by atoms with van der Waals surface area (Å²) >= 11 is 0. The van der Waals surface area contributed by atoms with Crippen molar-refractivity contribution < 1.29 is 21.9 Å². The van der Waals surface area contributed by atoms with Gasteiger partial charge in [-0.25, -0.2) is 4.98 Å². The molecule has 1 atom stereocenters. The van der Waals surface area contributed by atoms with Crippen molar-refractivity contribution in [2.45, 2.75) is 45.6 Å². The van der Waals surface area contributed by atoms with Crippen LogP contribution in [0.5, 0.6) is 5.75 Å². The Hall–Kier alpha value is -3.31. The van der Waals surface area contributed by atoms with Crippen LogP contribution >= 0.6 is 0 Å². The number of amides is 1. The van der Waals surface area contributed by atoms with Crippen LogP contribution in [-0.4, -0.2) is 28.6 Å². The molecule has 35 heavy (non-hydrogen) atoms. The molecule has 1 saturated heterocycles. The average Bonchev–Trinajstić information content (AvgIpc) is 3.43. The third-order valence-electron chi connectivity index (χ3n) is 6.65. The number of anilines is 1. The minimum Gasteiger partial charge on any atom is -1.00 e. The van der Waals surface area contributed by atoms with Gasteiger partial charge in [0.25, 0.3) is 0 Å². The first-order valence-electron chi connectivity index (χ1n) is 12.2. The molecule has 1 aliphatic heterocycles. The molecule has 1 amide bonds. The normalized spacial score (nSPS) is 15.4. The van der Waals surface area contributed by atoms with E-state index in [9.17, 15) is 4.79 Å². The molecule has 4 aromatic rings. The highest BCUT2D eigenvalue weighted by Crippen LogP contribution is 2.34. The quantitative estimate of drug-likeness (QED) is 0.358. The molecular weight excluding hydrogens is 458 g/mol. The van der Waals surface area contributed by atoms with Gasteiger partial charge in [0, 0.05) is 31.1 Å². The Balaban J connectivity index is 0.00000289. The number of benzene rings is 3. The van der Waals surface area contributed by atoms with Gasteiger partial charge in [-0.1, -0.05) is 55.0 Å². The van der Waals surface area contributed by atoms with Crippen LogP contribution in [0.15, 0.2) is 72.8 Å². The van der Waals surface area contributed by atoms with E-state index in [0.717, 1.165) is 47.7 Å². The molecule has 0 radical (unpaired) electrons. The Labute approximate surface area is 213 Å². The Morgan fingerprint density at radius 2 is 1.74 bits per heavy atom. The maximum Gasteiger partial charge on any atom is 0.227 e. The molecular formula is C29H31ClN3O2-. The molecule has 6 heteroatoms. The molecule has 3 aromatic carbocycles. The minimum atomic E-state index is 0. The van der Waals surface area contributed by atoms with Gasteiger partial charge in [0.05, 0.1) is 17.6 Å². The number of carbonyl (C=O) groups excluding carboxylic acids is 1. The Bertz CT molecular complexity index is 1300. The van der Waals surface area contributed by atoms with Gasteiger partial charge in [-0.2, -0.15) is 0 Å². The number of aryl methyl sites for hydroxylation is 3. The standard InChI is InChI=1S/C29H31N3O2.ClH/c1-3-22-9-4-6-11-26(22)32-20-23(19-28(32)33)29-30-25-10-5-7-12-27(25)31(29)17-8-18-34-24-15-13-21(2)14-16-24;/h4-7,9-16,23H,3,8,17-20H2,1-2H3;1H/p-1. The van der Waals surface area contributed by atoms with Crippen LogP contribution in [-0.2, 0) is 17.8 Å². The second-order valence-electron chi connectivity index (χ2n) is 9.01. The van der Waals surface area contributed by atoms with Crippen molar-refractivity contribution in [1.29, 1.82) is 0 Å². The summed E-state index contributed by atoms with van der Waals surface area (Å²) in [5.74, 6) is 2.14. The lowest BCUT2D eigenvalue weighted by Crippen LogP contribution is -3.00. The van der Waals surface area contributed by atoms with Crippen LogP contribution in [0.2, 0.25) is 0 Å². The van der Waals surface area contributed by atoms with E-state index in [-0.39, 0.29) is 24.2 Å². The van der Waals surface area contributed by atoms with Crippen molar-refractivity contribution in [3.63, 3.8) is 0 Å². The largest absolute Gasteiger partial charge is 1.00 e. The summed E-state index contributed by atoms with van der Waals surface area (Å²) < 4.78 is 8.25. The van der Waals surface area contributed by atoms with Gasteiger partial charge >= 0.3 is 0 Å². The van der Waals surface area contributed by atoms with E-state index >= 15 is 0 Å². The van der Waals surface area contributed by atoms with Crippen molar-refractivity contribution in [3.8, 4) is 5.75 Å². The Morgan fingerprint density at radius 3 is 2.54 bits per heavy atom. The van der Waals surface area contributed by atoms with Crippen LogP contribution in [0.3, 0.4) is 0 Å². The molecule has 0 saturated carbocycles. The second-order valence-corrected chi connectivity index (χ2v) is 9.01. The maximum atomic E-state index is 13.1. The molecule has 5 rings (SSSR count). The first kappa shape index (κ1) is 24.8. The molecule has 5 nitrogen and oxygen atoms in total. The van der Waals surface area contributed by atoms with Gasteiger partial charge in [0.1, 0.15) is 11.6 Å². The summed E-state index contributed by atoms with van der Waals surface area (Å²) in [5.41, 5.74) is 5.57. The van der Waals surface area contributed by atoms with Gasteiger partial charge in [-0.05, 0) is 55.7 Å². The van der Waals surface area contributed by atoms with Gasteiger partial charge in [0.2, 0.25) is 5.91 Å². The monoisotopic (exact) mass is 488 g/mol. The summed E-state index contributed by atoms with van der Waals surface area (Å²) in [4.78, 5) is 20.0. The number of aromatic nitrogens is 2. The van der Waals surface area contributed by atoms with Gasteiger partial charge < -0.3 is 26.6 Å². The average molecular weight is 489 g/mol. The van der Waals surface area contributed by atoms with E-state index in [1.165, 1.54) is 11.1 Å². The molecule has 1 fully saturated rings. The molecule has 0 aliphatic carbocycles. The predicted octanol–water partition coefficient (Wildman–Crippen LogP) is 2.90. The smallest absolute Gasteiger partial charge is 0.227 e. The molecule has 0 spiro atoms. The number of hydrogen-bond acceptors (Lipinski definition) is 3.